The number of aryl methyl sites for hydroxylation is 2. The fourth-order valence-electron chi connectivity index (χ4n) is 4.34. The summed E-state index contributed by atoms with van der Waals surface area (Å²) in [4.78, 5) is 0. The van der Waals surface area contributed by atoms with E-state index in [0.717, 1.165) is 21.8 Å². The lowest BCUT2D eigenvalue weighted by atomic mass is 9.93. The van der Waals surface area contributed by atoms with Crippen molar-refractivity contribution in [3.8, 4) is 22.3 Å². The van der Waals surface area contributed by atoms with Crippen LogP contribution in [0.15, 0.2) is 84.9 Å². The van der Waals surface area contributed by atoms with Crippen molar-refractivity contribution in [3.63, 3.8) is 0 Å². The summed E-state index contributed by atoms with van der Waals surface area (Å²) in [6, 6.07) is 30.8. The lowest BCUT2D eigenvalue weighted by molar-refractivity contribution is 1.47. The Hall–Kier alpha value is -3.56. The average Bonchev–Trinajstić information content (AvgIpc) is 3.30. The fraction of sp³-hybridized carbons (Fsp3) is 0.0714. The number of nitrogens with zero attached hydrogens (tertiary/aromatic N) is 2. The molecule has 2 nitrogen and oxygen atoms in total. The lowest BCUT2D eigenvalue weighted by Gasteiger charge is -2.10. The molecule has 1 aromatic heterocycles. The zero-order valence-corrected chi connectivity index (χ0v) is 18.2. The molecule has 0 fully saturated rings. The molecular weight excluding hydrogens is 396 g/mol. The van der Waals surface area contributed by atoms with Crippen LogP contribution < -0.4 is 0 Å². The average molecular weight is 417 g/mol. The van der Waals surface area contributed by atoms with Gasteiger partial charge in [0.15, 0.2) is 0 Å². The topological polar surface area (TPSA) is 25.8 Å². The summed E-state index contributed by atoms with van der Waals surface area (Å²) in [5.41, 5.74) is 9.37. The Balaban J connectivity index is 1.61. The minimum Gasteiger partial charge on any atom is -0.172 e. The maximum Gasteiger partial charge on any atom is 0.113 e. The highest BCUT2D eigenvalue weighted by Crippen LogP contribution is 2.38. The third-order valence-corrected chi connectivity index (χ3v) is 6.63. The van der Waals surface area contributed by atoms with E-state index in [9.17, 15) is 0 Å². The van der Waals surface area contributed by atoms with Crippen molar-refractivity contribution in [1.82, 2.24) is 8.75 Å². The number of aromatic nitrogens is 2. The molecule has 0 aliphatic carbocycles. The number of rotatable bonds is 2. The Morgan fingerprint density at radius 3 is 1.26 bits per heavy atom. The van der Waals surface area contributed by atoms with Crippen LogP contribution in [0.4, 0.5) is 0 Å². The van der Waals surface area contributed by atoms with Gasteiger partial charge < -0.3 is 0 Å². The van der Waals surface area contributed by atoms with Gasteiger partial charge in [0.2, 0.25) is 0 Å². The maximum absolute atomic E-state index is 4.69. The van der Waals surface area contributed by atoms with Gasteiger partial charge in [-0.15, -0.1) is 0 Å². The Morgan fingerprint density at radius 1 is 0.452 bits per heavy atom. The lowest BCUT2D eigenvalue weighted by Crippen LogP contribution is -1.86. The van der Waals surface area contributed by atoms with Crippen LogP contribution in [0.1, 0.15) is 11.1 Å². The first-order valence-electron chi connectivity index (χ1n) is 10.4. The molecule has 0 atom stereocenters. The quantitative estimate of drug-likeness (QED) is 0.268. The zero-order valence-electron chi connectivity index (χ0n) is 17.4. The van der Waals surface area contributed by atoms with Crippen molar-refractivity contribution < 1.29 is 0 Å². The van der Waals surface area contributed by atoms with Crippen LogP contribution in [0.2, 0.25) is 0 Å². The van der Waals surface area contributed by atoms with Crippen molar-refractivity contribution in [1.29, 1.82) is 0 Å². The second kappa shape index (κ2) is 7.00. The molecule has 0 bridgehead atoms. The number of benzene rings is 5. The smallest absolute Gasteiger partial charge is 0.113 e. The molecule has 0 saturated heterocycles. The second-order valence-electron chi connectivity index (χ2n) is 8.21. The van der Waals surface area contributed by atoms with E-state index in [1.54, 1.807) is 0 Å². The summed E-state index contributed by atoms with van der Waals surface area (Å²) < 4.78 is 9.38. The van der Waals surface area contributed by atoms with Gasteiger partial charge in [0, 0.05) is 10.8 Å². The molecule has 6 rings (SSSR count). The third kappa shape index (κ3) is 3.01. The molecule has 0 aliphatic rings. The van der Waals surface area contributed by atoms with E-state index in [1.807, 2.05) is 0 Å². The highest BCUT2D eigenvalue weighted by atomic mass is 32.1. The van der Waals surface area contributed by atoms with E-state index in [4.69, 9.17) is 8.75 Å². The Labute approximate surface area is 185 Å². The molecule has 0 radical (unpaired) electrons. The summed E-state index contributed by atoms with van der Waals surface area (Å²) in [6.45, 7) is 4.23. The molecule has 5 aromatic carbocycles. The summed E-state index contributed by atoms with van der Waals surface area (Å²) in [5.74, 6) is 0. The molecule has 0 saturated carbocycles. The molecule has 31 heavy (non-hydrogen) atoms. The van der Waals surface area contributed by atoms with Crippen LogP contribution in [0.5, 0.6) is 0 Å². The van der Waals surface area contributed by atoms with Gasteiger partial charge in [-0.2, -0.15) is 8.75 Å². The fourth-order valence-corrected chi connectivity index (χ4v) is 4.92. The summed E-state index contributed by atoms with van der Waals surface area (Å²) in [6.07, 6.45) is 0. The molecule has 0 unspecified atom stereocenters. The Morgan fingerprint density at radius 2 is 0.839 bits per heavy atom. The van der Waals surface area contributed by atoms with Crippen molar-refractivity contribution in [2.24, 2.45) is 0 Å². The second-order valence-corrected chi connectivity index (χ2v) is 8.74. The predicted molar refractivity (Wildman–Crippen MR) is 133 cm³/mol. The maximum atomic E-state index is 4.69. The molecule has 0 spiro atoms. The minimum absolute atomic E-state index is 0.988. The third-order valence-electron chi connectivity index (χ3n) is 6.10. The molecule has 148 valence electrons. The SMILES string of the molecule is Cc1ccc(-c2ccc3c4ccc(-c5ccc(C)cc5)cc4c4nsnc4c3c2)cc1. The minimum atomic E-state index is 0.988. The van der Waals surface area contributed by atoms with Crippen LogP contribution in [0, 0.1) is 13.8 Å². The summed E-state index contributed by atoms with van der Waals surface area (Å²) >= 11 is 1.29. The highest BCUT2D eigenvalue weighted by Gasteiger charge is 2.14. The van der Waals surface area contributed by atoms with Crippen molar-refractivity contribution in [3.05, 3.63) is 96.1 Å². The van der Waals surface area contributed by atoms with Gasteiger partial charge in [-0.25, -0.2) is 0 Å². The van der Waals surface area contributed by atoms with E-state index in [1.165, 1.54) is 55.9 Å². The zero-order chi connectivity index (χ0) is 20.9. The van der Waals surface area contributed by atoms with Crippen molar-refractivity contribution in [2.75, 3.05) is 0 Å². The van der Waals surface area contributed by atoms with Gasteiger partial charge in [-0.3, -0.25) is 0 Å². The number of fused-ring (bicyclic) bond motifs is 6. The predicted octanol–water partition coefficient (Wildman–Crippen LogP) is 7.95. The first-order chi connectivity index (χ1) is 15.2. The first-order valence-corrected chi connectivity index (χ1v) is 11.2. The molecule has 0 N–H and O–H groups in total. The highest BCUT2D eigenvalue weighted by molar-refractivity contribution is 7.00. The Kier molecular flexibility index (Phi) is 4.12. The van der Waals surface area contributed by atoms with Gasteiger partial charge in [0.05, 0.1) is 11.7 Å². The molecule has 0 aliphatic heterocycles. The van der Waals surface area contributed by atoms with Crippen LogP contribution >= 0.6 is 11.7 Å². The van der Waals surface area contributed by atoms with E-state index < -0.39 is 0 Å². The van der Waals surface area contributed by atoms with E-state index in [0.29, 0.717) is 0 Å². The number of hydrogen-bond donors (Lipinski definition) is 0. The van der Waals surface area contributed by atoms with Crippen LogP contribution in [-0.4, -0.2) is 8.75 Å². The van der Waals surface area contributed by atoms with E-state index in [2.05, 4.69) is 98.8 Å². The first kappa shape index (κ1) is 18.2. The van der Waals surface area contributed by atoms with Crippen molar-refractivity contribution in [2.45, 2.75) is 13.8 Å². The normalized spacial score (nSPS) is 11.5. The molecule has 0 amide bonds. The summed E-state index contributed by atoms with van der Waals surface area (Å²) in [5, 5.41) is 4.78. The Bertz CT molecular complexity index is 1460. The van der Waals surface area contributed by atoms with Crippen LogP contribution in [0.25, 0.3) is 54.8 Å². The van der Waals surface area contributed by atoms with Crippen molar-refractivity contribution >= 4 is 44.3 Å². The molecule has 3 heteroatoms. The summed E-state index contributed by atoms with van der Waals surface area (Å²) in [7, 11) is 0. The van der Waals surface area contributed by atoms with Gasteiger partial charge in [-0.05, 0) is 59.0 Å². The van der Waals surface area contributed by atoms with Gasteiger partial charge in [0.1, 0.15) is 11.0 Å². The molecule has 1 heterocycles. The van der Waals surface area contributed by atoms with E-state index >= 15 is 0 Å². The number of hydrogen-bond acceptors (Lipinski definition) is 3. The largest absolute Gasteiger partial charge is 0.172 e. The van der Waals surface area contributed by atoms with Gasteiger partial charge >= 0.3 is 0 Å². The van der Waals surface area contributed by atoms with Crippen LogP contribution in [-0.2, 0) is 0 Å². The van der Waals surface area contributed by atoms with Crippen LogP contribution in [0.3, 0.4) is 0 Å². The monoisotopic (exact) mass is 416 g/mol. The molecular formula is C28H20N2S. The standard InChI is InChI=1S/C28H20N2S/c1-17-3-7-19(8-4-17)21-11-13-23-24-14-12-22(20-9-5-18(2)6-10-20)16-26(24)28-27(25(23)15-21)29-31-30-28/h3-16H,1-2H3. The van der Waals surface area contributed by atoms with Gasteiger partial charge in [0.25, 0.3) is 0 Å². The van der Waals surface area contributed by atoms with Gasteiger partial charge in [-0.1, -0.05) is 83.9 Å². The molecule has 6 aromatic rings. The van der Waals surface area contributed by atoms with E-state index in [-0.39, 0.29) is 0 Å².